The maximum absolute atomic E-state index is 13.3. The highest BCUT2D eigenvalue weighted by Crippen LogP contribution is 2.30. The normalized spacial score (nSPS) is 16.3. The summed E-state index contributed by atoms with van der Waals surface area (Å²) in [6, 6.07) is 6.04. The number of rotatable bonds is 7. The molecular weight excluding hydrogens is 407 g/mol. The van der Waals surface area contributed by atoms with Gasteiger partial charge < -0.3 is 15.5 Å². The number of benzene rings is 1. The van der Waals surface area contributed by atoms with Crippen LogP contribution in [-0.4, -0.2) is 48.1 Å². The van der Waals surface area contributed by atoms with Crippen molar-refractivity contribution in [2.75, 3.05) is 18.0 Å². The average molecular weight is 440 g/mol. The lowest BCUT2D eigenvalue weighted by Crippen LogP contribution is -2.52. The van der Waals surface area contributed by atoms with Gasteiger partial charge in [-0.15, -0.1) is 0 Å². The number of nitrogens with zero attached hydrogens (tertiary/aromatic N) is 2. The molecule has 1 aromatic rings. The number of fused-ring (bicyclic) bond motifs is 1. The van der Waals surface area contributed by atoms with Crippen LogP contribution in [0.15, 0.2) is 36.4 Å². The molecule has 5 nitrogen and oxygen atoms in total. The van der Waals surface area contributed by atoms with Crippen LogP contribution in [0.4, 0.5) is 18.9 Å². The molecule has 0 aromatic heterocycles. The van der Waals surface area contributed by atoms with Crippen LogP contribution in [0.5, 0.6) is 0 Å². The molecule has 0 aliphatic carbocycles. The van der Waals surface area contributed by atoms with Crippen molar-refractivity contribution in [2.45, 2.75) is 65.2 Å². The molecule has 172 valence electrons. The first-order chi connectivity index (χ1) is 14.3. The Hall–Kier alpha value is -2.35. The van der Waals surface area contributed by atoms with Crippen molar-refractivity contribution in [3.8, 4) is 0 Å². The van der Waals surface area contributed by atoms with Crippen LogP contribution in [0, 0.1) is 5.41 Å². The van der Waals surface area contributed by atoms with Crippen LogP contribution in [0.2, 0.25) is 0 Å². The summed E-state index contributed by atoms with van der Waals surface area (Å²) >= 11 is 0. The van der Waals surface area contributed by atoms with Gasteiger partial charge in [-0.1, -0.05) is 52.0 Å². The average Bonchev–Trinajstić information content (AvgIpc) is 3.11. The van der Waals surface area contributed by atoms with Gasteiger partial charge in [-0.25, -0.2) is 0 Å². The van der Waals surface area contributed by atoms with E-state index >= 15 is 0 Å². The number of hydrogen-bond donors (Lipinski definition) is 1. The van der Waals surface area contributed by atoms with Crippen LogP contribution >= 0.6 is 0 Å². The maximum Gasteiger partial charge on any atom is 0.471 e. The van der Waals surface area contributed by atoms with Gasteiger partial charge in [-0.3, -0.25) is 9.59 Å². The molecule has 1 aromatic carbocycles. The van der Waals surface area contributed by atoms with E-state index in [0.29, 0.717) is 13.0 Å². The lowest BCUT2D eigenvalue weighted by atomic mass is 9.87. The van der Waals surface area contributed by atoms with Crippen molar-refractivity contribution in [3.63, 3.8) is 0 Å². The third-order valence-corrected chi connectivity index (χ3v) is 5.29. The molecule has 0 spiro atoms. The molecule has 8 heteroatoms. The number of para-hydroxylation sites is 1. The minimum absolute atomic E-state index is 0.235. The smallest absolute Gasteiger partial charge is 0.327 e. The van der Waals surface area contributed by atoms with E-state index in [2.05, 4.69) is 0 Å². The number of hydrogen-bond acceptors (Lipinski definition) is 3. The summed E-state index contributed by atoms with van der Waals surface area (Å²) in [7, 11) is 0. The van der Waals surface area contributed by atoms with Crippen molar-refractivity contribution < 1.29 is 22.8 Å². The lowest BCUT2D eigenvalue weighted by molar-refractivity contribution is -0.187. The molecular formula is C23H32F3N3O2. The summed E-state index contributed by atoms with van der Waals surface area (Å²) in [6.07, 6.45) is -0.906. The Morgan fingerprint density at radius 1 is 1.23 bits per heavy atom. The van der Waals surface area contributed by atoms with Gasteiger partial charge in [0.1, 0.15) is 0 Å². The van der Waals surface area contributed by atoms with E-state index in [1.165, 1.54) is 12.2 Å². The molecule has 1 aliphatic heterocycles. The highest BCUT2D eigenvalue weighted by molar-refractivity contribution is 6.03. The first kappa shape index (κ1) is 24.9. The summed E-state index contributed by atoms with van der Waals surface area (Å²) in [4.78, 5) is 27.4. The minimum Gasteiger partial charge on any atom is -0.327 e. The molecule has 2 atom stereocenters. The van der Waals surface area contributed by atoms with Crippen LogP contribution in [0.1, 0.15) is 46.1 Å². The molecule has 2 amide bonds. The van der Waals surface area contributed by atoms with Gasteiger partial charge in [0.25, 0.3) is 5.91 Å². The summed E-state index contributed by atoms with van der Waals surface area (Å²) in [5.41, 5.74) is 7.39. The topological polar surface area (TPSA) is 66.6 Å². The first-order valence-corrected chi connectivity index (χ1v) is 10.5. The highest BCUT2D eigenvalue weighted by Gasteiger charge is 2.45. The third kappa shape index (κ3) is 6.82. The predicted octanol–water partition coefficient (Wildman–Crippen LogP) is 4.06. The summed E-state index contributed by atoms with van der Waals surface area (Å²) in [6.45, 7) is 7.66. The third-order valence-electron chi connectivity index (χ3n) is 5.29. The largest absolute Gasteiger partial charge is 0.471 e. The van der Waals surface area contributed by atoms with Crippen molar-refractivity contribution >= 4 is 17.5 Å². The monoisotopic (exact) mass is 439 g/mol. The van der Waals surface area contributed by atoms with Gasteiger partial charge >= 0.3 is 12.1 Å². The Kier molecular flexibility index (Phi) is 7.92. The van der Waals surface area contributed by atoms with Gasteiger partial charge in [0, 0.05) is 30.9 Å². The molecule has 0 radical (unpaired) electrons. The number of carbonyl (C=O) groups is 2. The molecule has 2 rings (SSSR count). The Balaban J connectivity index is 2.32. The zero-order chi connectivity index (χ0) is 23.4. The molecule has 0 fully saturated rings. The molecule has 0 saturated heterocycles. The zero-order valence-corrected chi connectivity index (χ0v) is 18.6. The Morgan fingerprint density at radius 2 is 1.87 bits per heavy atom. The van der Waals surface area contributed by atoms with E-state index in [1.54, 1.807) is 11.8 Å². The van der Waals surface area contributed by atoms with Gasteiger partial charge in [0.05, 0.1) is 6.04 Å². The molecule has 2 N–H and O–H groups in total. The fourth-order valence-corrected chi connectivity index (χ4v) is 3.67. The van der Waals surface area contributed by atoms with E-state index in [1.807, 2.05) is 45.0 Å². The van der Waals surface area contributed by atoms with Gasteiger partial charge in [-0.05, 0) is 36.3 Å². The zero-order valence-electron chi connectivity index (χ0n) is 18.6. The van der Waals surface area contributed by atoms with Crippen LogP contribution < -0.4 is 10.6 Å². The Morgan fingerprint density at radius 3 is 2.45 bits per heavy atom. The van der Waals surface area contributed by atoms with Crippen molar-refractivity contribution in [1.82, 2.24) is 4.90 Å². The Bertz CT molecular complexity index is 815. The number of carbonyl (C=O) groups excluding carboxylic acids is 2. The minimum atomic E-state index is -5.02. The quantitative estimate of drug-likeness (QED) is 0.652. The van der Waals surface area contributed by atoms with Crippen molar-refractivity contribution in [2.24, 2.45) is 11.1 Å². The molecule has 0 saturated carbocycles. The second kappa shape index (κ2) is 9.85. The second-order valence-corrected chi connectivity index (χ2v) is 9.18. The SMILES string of the molecule is CC[C@H](N)CN(C(=O)C(F)(F)F)[C@H](/C=C/C(=O)N1CCc2ccccc21)CC(C)(C)C. The summed E-state index contributed by atoms with van der Waals surface area (Å²) < 4.78 is 40.0. The predicted molar refractivity (Wildman–Crippen MR) is 116 cm³/mol. The molecule has 1 heterocycles. The molecule has 0 unspecified atom stereocenters. The summed E-state index contributed by atoms with van der Waals surface area (Å²) in [5.74, 6) is -2.25. The van der Waals surface area contributed by atoms with Crippen LogP contribution in [-0.2, 0) is 16.0 Å². The van der Waals surface area contributed by atoms with Gasteiger partial charge in [0.15, 0.2) is 0 Å². The van der Waals surface area contributed by atoms with Crippen LogP contribution in [0.3, 0.4) is 0 Å². The van der Waals surface area contributed by atoms with Crippen LogP contribution in [0.25, 0.3) is 0 Å². The van der Waals surface area contributed by atoms with E-state index in [-0.39, 0.29) is 24.3 Å². The maximum atomic E-state index is 13.3. The van der Waals surface area contributed by atoms with E-state index < -0.39 is 24.2 Å². The molecule has 0 bridgehead atoms. The highest BCUT2D eigenvalue weighted by atomic mass is 19.4. The van der Waals surface area contributed by atoms with Crippen molar-refractivity contribution in [3.05, 3.63) is 42.0 Å². The number of halogens is 3. The lowest BCUT2D eigenvalue weighted by Gasteiger charge is -2.36. The fourth-order valence-electron chi connectivity index (χ4n) is 3.67. The fraction of sp³-hybridized carbons (Fsp3) is 0.565. The van der Waals surface area contributed by atoms with Crippen molar-refractivity contribution in [1.29, 1.82) is 0 Å². The van der Waals surface area contributed by atoms with E-state index in [9.17, 15) is 22.8 Å². The van der Waals surface area contributed by atoms with E-state index in [0.717, 1.165) is 22.6 Å². The molecule has 31 heavy (non-hydrogen) atoms. The standard InChI is InChI=1S/C23H32F3N3O2/c1-5-17(27)15-29(21(31)23(24,25)26)18(14-22(2,3)4)10-11-20(30)28-13-12-16-8-6-7-9-19(16)28/h6-11,17-18H,5,12-15,27H2,1-4H3/b11-10+/t17-,18+/m0/s1. The second-order valence-electron chi connectivity index (χ2n) is 9.18. The number of amides is 2. The Labute approximate surface area is 182 Å². The summed E-state index contributed by atoms with van der Waals surface area (Å²) in [5, 5.41) is 0. The number of anilines is 1. The van der Waals surface area contributed by atoms with E-state index in [4.69, 9.17) is 5.73 Å². The van der Waals surface area contributed by atoms with Gasteiger partial charge in [-0.2, -0.15) is 13.2 Å². The number of nitrogens with two attached hydrogens (primary N) is 1. The van der Waals surface area contributed by atoms with Gasteiger partial charge in [0.2, 0.25) is 0 Å². The number of alkyl halides is 3. The first-order valence-electron chi connectivity index (χ1n) is 10.5. The molecule has 1 aliphatic rings.